The second-order valence-corrected chi connectivity index (χ2v) is 7.47. The van der Waals surface area contributed by atoms with Gasteiger partial charge >= 0.3 is 5.97 Å². The molecule has 0 saturated heterocycles. The van der Waals surface area contributed by atoms with Crippen molar-refractivity contribution in [2.75, 3.05) is 10.6 Å². The van der Waals surface area contributed by atoms with Gasteiger partial charge in [-0.15, -0.1) is 0 Å². The van der Waals surface area contributed by atoms with Crippen LogP contribution in [-0.2, 0) is 16.6 Å². The van der Waals surface area contributed by atoms with E-state index in [-0.39, 0.29) is 12.1 Å². The number of aromatic carboxylic acids is 1. The normalized spacial score (nSPS) is 11.3. The zero-order valence-corrected chi connectivity index (χ0v) is 14.1. The molecule has 0 saturated carbocycles. The van der Waals surface area contributed by atoms with E-state index in [4.69, 9.17) is 5.11 Å². The van der Waals surface area contributed by atoms with E-state index < -0.39 is 16.0 Å². The van der Waals surface area contributed by atoms with Gasteiger partial charge in [0.15, 0.2) is 0 Å². The summed E-state index contributed by atoms with van der Waals surface area (Å²) in [5.74, 6) is -1.01. The van der Waals surface area contributed by atoms with E-state index in [0.717, 1.165) is 16.7 Å². The van der Waals surface area contributed by atoms with Crippen molar-refractivity contribution in [1.82, 2.24) is 0 Å². The number of carboxylic acid groups (broad SMARTS) is 1. The van der Waals surface area contributed by atoms with E-state index >= 15 is 0 Å². The smallest absolute Gasteiger partial charge is 0.335 e. The zero-order valence-electron chi connectivity index (χ0n) is 13.3. The van der Waals surface area contributed by atoms with Crippen molar-refractivity contribution in [1.29, 1.82) is 0 Å². The zero-order chi connectivity index (χ0) is 17.2. The van der Waals surface area contributed by atoms with E-state index in [1.54, 1.807) is 12.1 Å². The highest BCUT2D eigenvalue weighted by Crippen LogP contribution is 2.26. The van der Waals surface area contributed by atoms with Gasteiger partial charge in [0.25, 0.3) is 0 Å². The van der Waals surface area contributed by atoms with Gasteiger partial charge in [0.05, 0.1) is 24.1 Å². The van der Waals surface area contributed by atoms with Gasteiger partial charge in [-0.1, -0.05) is 24.3 Å². The minimum Gasteiger partial charge on any atom is -0.478 e. The van der Waals surface area contributed by atoms with Gasteiger partial charge in [0.1, 0.15) is 0 Å². The molecule has 0 radical (unpaired) electrons. The molecule has 0 atom stereocenters. The molecule has 122 valence electrons. The fourth-order valence-corrected chi connectivity index (χ4v) is 3.23. The van der Waals surface area contributed by atoms with E-state index in [0.29, 0.717) is 5.69 Å². The number of hydrogen-bond acceptors (Lipinski definition) is 3. The van der Waals surface area contributed by atoms with Crippen LogP contribution < -0.4 is 4.31 Å². The van der Waals surface area contributed by atoms with Crippen LogP contribution in [0.4, 0.5) is 5.69 Å². The average molecular weight is 333 g/mol. The van der Waals surface area contributed by atoms with Gasteiger partial charge in [-0.3, -0.25) is 4.31 Å². The number of nitrogens with zero attached hydrogens (tertiary/aromatic N) is 1. The first-order valence-electron chi connectivity index (χ1n) is 7.05. The number of rotatable bonds is 5. The van der Waals surface area contributed by atoms with E-state index in [2.05, 4.69) is 0 Å². The number of hydrogen-bond donors (Lipinski definition) is 1. The Morgan fingerprint density at radius 1 is 1.09 bits per heavy atom. The quantitative estimate of drug-likeness (QED) is 0.913. The SMILES string of the molecule is Cc1ccc(C)c(N(Cc2ccc(C(=O)O)cc2)S(C)(=O)=O)c1. The highest BCUT2D eigenvalue weighted by Gasteiger charge is 2.20. The first-order valence-corrected chi connectivity index (χ1v) is 8.90. The molecule has 0 heterocycles. The van der Waals surface area contributed by atoms with Crippen LogP contribution in [0.15, 0.2) is 42.5 Å². The first-order chi connectivity index (χ1) is 10.7. The van der Waals surface area contributed by atoms with Gasteiger partial charge in [0, 0.05) is 0 Å². The summed E-state index contributed by atoms with van der Waals surface area (Å²) in [6, 6.07) is 11.9. The molecule has 2 aromatic carbocycles. The predicted molar refractivity (Wildman–Crippen MR) is 90.3 cm³/mol. The highest BCUT2D eigenvalue weighted by molar-refractivity contribution is 7.92. The lowest BCUT2D eigenvalue weighted by atomic mass is 10.1. The minimum absolute atomic E-state index is 0.156. The van der Waals surface area contributed by atoms with E-state index in [1.807, 2.05) is 32.0 Å². The van der Waals surface area contributed by atoms with Gasteiger partial charge in [-0.2, -0.15) is 0 Å². The number of sulfonamides is 1. The highest BCUT2D eigenvalue weighted by atomic mass is 32.2. The van der Waals surface area contributed by atoms with Crippen LogP contribution in [0.3, 0.4) is 0 Å². The van der Waals surface area contributed by atoms with Gasteiger partial charge in [-0.25, -0.2) is 13.2 Å². The summed E-state index contributed by atoms with van der Waals surface area (Å²) < 4.78 is 25.8. The minimum atomic E-state index is -3.46. The fourth-order valence-electron chi connectivity index (χ4n) is 2.29. The number of aryl methyl sites for hydroxylation is 2. The van der Waals surface area contributed by atoms with E-state index in [1.165, 1.54) is 22.7 Å². The summed E-state index contributed by atoms with van der Waals surface area (Å²) in [6.07, 6.45) is 1.17. The maximum Gasteiger partial charge on any atom is 0.335 e. The molecule has 0 aliphatic carbocycles. The Balaban J connectivity index is 2.41. The van der Waals surface area contributed by atoms with E-state index in [9.17, 15) is 13.2 Å². The standard InChI is InChI=1S/C17H19NO4S/c1-12-4-5-13(2)16(10-12)18(23(3,21)22)11-14-6-8-15(9-7-14)17(19)20/h4-10H,11H2,1-3H3,(H,19,20). The van der Waals surface area contributed by atoms with Crippen molar-refractivity contribution in [3.8, 4) is 0 Å². The number of anilines is 1. The third kappa shape index (κ3) is 4.10. The van der Waals surface area contributed by atoms with Crippen molar-refractivity contribution < 1.29 is 18.3 Å². The Labute approximate surface area is 136 Å². The third-order valence-electron chi connectivity index (χ3n) is 3.56. The molecular weight excluding hydrogens is 314 g/mol. The number of carboxylic acids is 1. The third-order valence-corrected chi connectivity index (χ3v) is 4.69. The summed E-state index contributed by atoms with van der Waals surface area (Å²) in [5, 5.41) is 8.93. The summed E-state index contributed by atoms with van der Waals surface area (Å²) in [4.78, 5) is 10.9. The van der Waals surface area contributed by atoms with Gasteiger partial charge in [-0.05, 0) is 48.7 Å². The second kappa shape index (κ2) is 6.42. The average Bonchev–Trinajstić information content (AvgIpc) is 2.47. The van der Waals surface area contributed by atoms with Gasteiger partial charge in [0.2, 0.25) is 10.0 Å². The first kappa shape index (κ1) is 17.0. The molecule has 0 aliphatic heterocycles. The molecule has 0 spiro atoms. The Kier molecular flexibility index (Phi) is 4.75. The molecule has 23 heavy (non-hydrogen) atoms. The van der Waals surface area contributed by atoms with Crippen molar-refractivity contribution in [3.63, 3.8) is 0 Å². The van der Waals surface area contributed by atoms with Crippen molar-refractivity contribution in [2.24, 2.45) is 0 Å². The molecule has 2 rings (SSSR count). The fraction of sp³-hybridized carbons (Fsp3) is 0.235. The Hall–Kier alpha value is -2.34. The molecule has 5 nitrogen and oxygen atoms in total. The molecule has 0 amide bonds. The number of carbonyl (C=O) groups is 1. The maximum atomic E-state index is 12.2. The molecule has 1 N–H and O–H groups in total. The summed E-state index contributed by atoms with van der Waals surface area (Å²) in [7, 11) is -3.46. The van der Waals surface area contributed by atoms with Crippen LogP contribution in [0.5, 0.6) is 0 Å². The van der Waals surface area contributed by atoms with Crippen LogP contribution >= 0.6 is 0 Å². The van der Waals surface area contributed by atoms with Crippen molar-refractivity contribution in [3.05, 3.63) is 64.7 Å². The molecule has 2 aromatic rings. The van der Waals surface area contributed by atoms with Crippen LogP contribution in [0, 0.1) is 13.8 Å². The predicted octanol–water partition coefficient (Wildman–Crippen LogP) is 2.97. The second-order valence-electron chi connectivity index (χ2n) is 5.56. The molecule has 0 fully saturated rings. The van der Waals surface area contributed by atoms with Crippen LogP contribution in [-0.4, -0.2) is 25.7 Å². The Bertz CT molecular complexity index is 826. The Morgan fingerprint density at radius 3 is 2.22 bits per heavy atom. The molecule has 0 aromatic heterocycles. The molecular formula is C17H19NO4S. The lowest BCUT2D eigenvalue weighted by Crippen LogP contribution is -2.30. The summed E-state index contributed by atoms with van der Waals surface area (Å²) in [5.41, 5.74) is 3.37. The molecule has 6 heteroatoms. The van der Waals surface area contributed by atoms with Gasteiger partial charge < -0.3 is 5.11 Å². The topological polar surface area (TPSA) is 74.7 Å². The molecule has 0 unspecified atom stereocenters. The summed E-state index contributed by atoms with van der Waals surface area (Å²) in [6.45, 7) is 3.93. The van der Waals surface area contributed by atoms with Crippen molar-refractivity contribution >= 4 is 21.7 Å². The number of benzene rings is 2. The van der Waals surface area contributed by atoms with Crippen LogP contribution in [0.25, 0.3) is 0 Å². The lowest BCUT2D eigenvalue weighted by Gasteiger charge is -2.24. The largest absolute Gasteiger partial charge is 0.478 e. The maximum absolute atomic E-state index is 12.2. The van der Waals surface area contributed by atoms with Crippen molar-refractivity contribution in [2.45, 2.75) is 20.4 Å². The monoisotopic (exact) mass is 333 g/mol. The summed E-state index contributed by atoms with van der Waals surface area (Å²) >= 11 is 0. The lowest BCUT2D eigenvalue weighted by molar-refractivity contribution is 0.0697. The molecule has 0 aliphatic rings. The van der Waals surface area contributed by atoms with Crippen LogP contribution in [0.1, 0.15) is 27.0 Å². The van der Waals surface area contributed by atoms with Crippen LogP contribution in [0.2, 0.25) is 0 Å². The molecule has 0 bridgehead atoms. The Morgan fingerprint density at radius 2 is 1.70 bits per heavy atom.